The molecule has 3 amide bonds. The highest BCUT2D eigenvalue weighted by Gasteiger charge is 2.45. The third kappa shape index (κ3) is 14.1. The Morgan fingerprint density at radius 2 is 1.56 bits per heavy atom. The van der Waals surface area contributed by atoms with E-state index in [0.717, 1.165) is 31.2 Å². The molecule has 2 aromatic carbocycles. The number of alkyl halides is 3. The van der Waals surface area contributed by atoms with Gasteiger partial charge >= 0.3 is 18.2 Å². The zero-order chi connectivity index (χ0) is 43.0. The molecule has 1 atom stereocenters. The van der Waals surface area contributed by atoms with Crippen molar-refractivity contribution in [2.24, 2.45) is 11.3 Å². The summed E-state index contributed by atoms with van der Waals surface area (Å²) in [7, 11) is 0. The molecule has 318 valence electrons. The van der Waals surface area contributed by atoms with Gasteiger partial charge in [0, 0.05) is 41.7 Å². The SMILES string of the molecule is CC(C)(C)CC(=O)NC1CCC(CNC(=O)C(=O)CC[C@H](NC(=O)c2ccc(Nc3nc(NC4(c5ccc(Cl)cc5)CC4)nc(OCC(F)(F)F)n3)cc2)C(=O)O)CC1. The van der Waals surface area contributed by atoms with Crippen LogP contribution in [0.5, 0.6) is 6.01 Å². The lowest BCUT2D eigenvalue weighted by molar-refractivity contribution is -0.154. The molecule has 0 bridgehead atoms. The van der Waals surface area contributed by atoms with E-state index in [1.165, 1.54) is 24.3 Å². The van der Waals surface area contributed by atoms with Gasteiger partial charge in [0.15, 0.2) is 6.61 Å². The normalized spacial score (nSPS) is 17.8. The Balaban J connectivity index is 1.11. The van der Waals surface area contributed by atoms with Crippen LogP contribution in [0.3, 0.4) is 0 Å². The number of benzene rings is 2. The number of hydrogen-bond donors (Lipinski definition) is 6. The van der Waals surface area contributed by atoms with Crippen molar-refractivity contribution in [1.82, 2.24) is 30.9 Å². The summed E-state index contributed by atoms with van der Waals surface area (Å²) in [6.45, 7) is 4.64. The average molecular weight is 845 g/mol. The van der Waals surface area contributed by atoms with Gasteiger partial charge in [-0.25, -0.2) is 4.79 Å². The molecular formula is C40H48ClF3N8O7. The lowest BCUT2D eigenvalue weighted by Gasteiger charge is -2.30. The molecule has 19 heteroatoms. The second-order valence-corrected chi connectivity index (χ2v) is 16.6. The topological polar surface area (TPSA) is 214 Å². The number of Topliss-reactive ketones (excluding diaryl/α,β-unsaturated/α-hetero) is 1. The van der Waals surface area contributed by atoms with Gasteiger partial charge in [-0.1, -0.05) is 44.5 Å². The van der Waals surface area contributed by atoms with Crippen LogP contribution in [0.4, 0.5) is 30.8 Å². The maximum Gasteiger partial charge on any atom is 0.422 e. The minimum atomic E-state index is -4.65. The number of ether oxygens (including phenoxy) is 1. The van der Waals surface area contributed by atoms with E-state index in [9.17, 15) is 42.3 Å². The van der Waals surface area contributed by atoms with Crippen molar-refractivity contribution in [2.75, 3.05) is 23.8 Å². The first-order valence-corrected chi connectivity index (χ1v) is 19.6. The summed E-state index contributed by atoms with van der Waals surface area (Å²) in [5.41, 5.74) is 0.580. The number of halogens is 4. The van der Waals surface area contributed by atoms with Gasteiger partial charge in [-0.05, 0) is 98.2 Å². The highest BCUT2D eigenvalue weighted by molar-refractivity contribution is 6.36. The zero-order valence-corrected chi connectivity index (χ0v) is 33.6. The smallest absolute Gasteiger partial charge is 0.422 e. The Bertz CT molecular complexity index is 1980. The number of carbonyl (C=O) groups excluding carboxylic acids is 4. The molecule has 1 aromatic heterocycles. The van der Waals surface area contributed by atoms with Crippen molar-refractivity contribution in [1.29, 1.82) is 0 Å². The van der Waals surface area contributed by atoms with E-state index in [-0.39, 0.29) is 53.7 Å². The molecule has 0 saturated heterocycles. The number of hydrogen-bond acceptors (Lipinski definition) is 11. The zero-order valence-electron chi connectivity index (χ0n) is 32.9. The molecule has 5 rings (SSSR count). The molecule has 59 heavy (non-hydrogen) atoms. The average Bonchev–Trinajstić information content (AvgIpc) is 3.94. The lowest BCUT2D eigenvalue weighted by atomic mass is 9.85. The van der Waals surface area contributed by atoms with Gasteiger partial charge in [0.05, 0.1) is 5.54 Å². The monoisotopic (exact) mass is 844 g/mol. The molecule has 2 aliphatic carbocycles. The number of carboxylic acids is 1. The van der Waals surface area contributed by atoms with Crippen molar-refractivity contribution in [3.63, 3.8) is 0 Å². The van der Waals surface area contributed by atoms with Gasteiger partial charge in [0.25, 0.3) is 11.8 Å². The van der Waals surface area contributed by atoms with Gasteiger partial charge in [0.2, 0.25) is 23.6 Å². The molecule has 3 aromatic rings. The fourth-order valence-electron chi connectivity index (χ4n) is 6.60. The standard InChI is InChI=1S/C40H48ClF3N8O7/c1-38(2,3)20-31(54)46-27-12-4-23(5-13-27)21-45-33(56)30(53)17-16-29(34(57)58)48-32(55)24-6-14-28(15-7-24)47-35-49-36(51-37(50-35)59-22-40(42,43)44)52-39(18-19-39)25-8-10-26(41)11-9-25/h6-11,14-15,23,27,29H,4-5,12-13,16-22H2,1-3H3,(H,45,56)(H,46,54)(H,48,55)(H,57,58)(H2,47,49,50,51,52)/t23?,27?,29-/m0/s1. The highest BCUT2D eigenvalue weighted by Crippen LogP contribution is 2.48. The first-order valence-electron chi connectivity index (χ1n) is 19.3. The first-order chi connectivity index (χ1) is 27.8. The molecule has 0 spiro atoms. The van der Waals surface area contributed by atoms with E-state index < -0.39 is 60.4 Å². The Morgan fingerprint density at radius 3 is 2.15 bits per heavy atom. The summed E-state index contributed by atoms with van der Waals surface area (Å²) in [5, 5.41) is 24.4. The van der Waals surface area contributed by atoms with Gasteiger partial charge in [0.1, 0.15) is 6.04 Å². The minimum Gasteiger partial charge on any atom is -0.480 e. The van der Waals surface area contributed by atoms with Gasteiger partial charge in [-0.15, -0.1) is 0 Å². The van der Waals surface area contributed by atoms with Crippen LogP contribution in [0, 0.1) is 11.3 Å². The van der Waals surface area contributed by atoms with E-state index in [1.54, 1.807) is 12.1 Å². The van der Waals surface area contributed by atoms with E-state index in [4.69, 9.17) is 16.3 Å². The molecule has 1 heterocycles. The number of aliphatic carboxylic acids is 1. The van der Waals surface area contributed by atoms with Crippen LogP contribution in [-0.2, 0) is 24.7 Å². The van der Waals surface area contributed by atoms with E-state index in [0.29, 0.717) is 30.0 Å². The summed E-state index contributed by atoms with van der Waals surface area (Å²) < 4.78 is 43.7. The van der Waals surface area contributed by atoms with Crippen LogP contribution in [0.25, 0.3) is 0 Å². The minimum absolute atomic E-state index is 0.0130. The fourth-order valence-corrected chi connectivity index (χ4v) is 6.73. The van der Waals surface area contributed by atoms with Crippen LogP contribution < -0.4 is 31.3 Å². The molecule has 0 radical (unpaired) electrons. The Hall–Kier alpha value is -5.52. The van der Waals surface area contributed by atoms with Crippen molar-refractivity contribution >= 4 is 58.7 Å². The maximum atomic E-state index is 13.0. The maximum absolute atomic E-state index is 13.0. The molecule has 2 saturated carbocycles. The van der Waals surface area contributed by atoms with E-state index in [2.05, 4.69) is 41.5 Å². The van der Waals surface area contributed by atoms with Gasteiger partial charge in [-0.2, -0.15) is 28.1 Å². The summed E-state index contributed by atoms with van der Waals surface area (Å²) in [6.07, 6.45) is -0.517. The number of nitrogens with zero attached hydrogens (tertiary/aromatic N) is 3. The number of anilines is 3. The summed E-state index contributed by atoms with van der Waals surface area (Å²) in [4.78, 5) is 74.7. The summed E-state index contributed by atoms with van der Waals surface area (Å²) >= 11 is 6.03. The number of aromatic nitrogens is 3. The van der Waals surface area contributed by atoms with Crippen LogP contribution in [-0.4, -0.2) is 80.9 Å². The number of ketones is 1. The van der Waals surface area contributed by atoms with Crippen LogP contribution in [0.2, 0.25) is 5.02 Å². The van der Waals surface area contributed by atoms with Crippen molar-refractivity contribution < 1.29 is 47.0 Å². The van der Waals surface area contributed by atoms with E-state index >= 15 is 0 Å². The van der Waals surface area contributed by atoms with E-state index in [1.807, 2.05) is 32.9 Å². The summed E-state index contributed by atoms with van der Waals surface area (Å²) in [6, 6.07) is 10.7. The Kier molecular flexibility index (Phi) is 14.4. The predicted octanol–water partition coefficient (Wildman–Crippen LogP) is 6.07. The fraction of sp³-hybridized carbons (Fsp3) is 0.500. The second-order valence-electron chi connectivity index (χ2n) is 16.1. The first kappa shape index (κ1) is 44.6. The van der Waals surface area contributed by atoms with Gasteiger partial charge in [-0.3, -0.25) is 19.2 Å². The number of carboxylic acid groups (broad SMARTS) is 1. The van der Waals surface area contributed by atoms with Crippen molar-refractivity contribution in [2.45, 2.75) is 102 Å². The lowest BCUT2D eigenvalue weighted by Crippen LogP contribution is -2.43. The number of carbonyl (C=O) groups is 5. The number of amides is 3. The molecule has 2 fully saturated rings. The largest absolute Gasteiger partial charge is 0.480 e. The summed E-state index contributed by atoms with van der Waals surface area (Å²) in [5.74, 6) is -3.87. The number of nitrogens with one attached hydrogen (secondary N) is 5. The quantitative estimate of drug-likeness (QED) is 0.0806. The molecule has 15 nitrogen and oxygen atoms in total. The molecule has 0 aliphatic heterocycles. The van der Waals surface area contributed by atoms with Crippen LogP contribution >= 0.6 is 11.6 Å². The molecule has 6 N–H and O–H groups in total. The molecule has 2 aliphatic rings. The molecule has 0 unspecified atom stereocenters. The molecular weight excluding hydrogens is 797 g/mol. The van der Waals surface area contributed by atoms with Crippen molar-refractivity contribution in [3.05, 3.63) is 64.7 Å². The van der Waals surface area contributed by atoms with Crippen molar-refractivity contribution in [3.8, 4) is 6.01 Å². The Labute approximate surface area is 344 Å². The van der Waals surface area contributed by atoms with Crippen LogP contribution in [0.15, 0.2) is 48.5 Å². The third-order valence-electron chi connectivity index (χ3n) is 9.85. The van der Waals surface area contributed by atoms with Crippen LogP contribution in [0.1, 0.15) is 94.5 Å². The number of rotatable bonds is 18. The third-order valence-corrected chi connectivity index (χ3v) is 10.1. The second kappa shape index (κ2) is 19.0. The Morgan fingerprint density at radius 1 is 0.915 bits per heavy atom. The highest BCUT2D eigenvalue weighted by atomic mass is 35.5. The predicted molar refractivity (Wildman–Crippen MR) is 211 cm³/mol. The van der Waals surface area contributed by atoms with Gasteiger partial charge < -0.3 is 36.4 Å².